The van der Waals surface area contributed by atoms with Gasteiger partial charge in [0.1, 0.15) is 13.2 Å². The predicted molar refractivity (Wildman–Crippen MR) is 118 cm³/mol. The number of amides is 1. The summed E-state index contributed by atoms with van der Waals surface area (Å²) in [6.07, 6.45) is 0. The lowest BCUT2D eigenvalue weighted by atomic mass is 10.2. The minimum absolute atomic E-state index is 0.0786. The molecule has 30 heavy (non-hydrogen) atoms. The number of thioether (sulfide) groups is 1. The van der Waals surface area contributed by atoms with Gasteiger partial charge in [-0.05, 0) is 45.0 Å². The first-order valence-electron chi connectivity index (χ1n) is 9.82. The van der Waals surface area contributed by atoms with Crippen molar-refractivity contribution in [2.45, 2.75) is 37.2 Å². The van der Waals surface area contributed by atoms with E-state index in [1.54, 1.807) is 35.8 Å². The molecule has 1 N–H and O–H groups in total. The van der Waals surface area contributed by atoms with E-state index in [1.165, 1.54) is 11.8 Å². The van der Waals surface area contributed by atoms with Crippen molar-refractivity contribution in [2.24, 2.45) is 0 Å². The Bertz CT molecular complexity index is 1160. The Morgan fingerprint density at radius 1 is 1.10 bits per heavy atom. The Hall–Kier alpha value is -3.00. The summed E-state index contributed by atoms with van der Waals surface area (Å²) in [7, 11) is 0. The number of aromatic nitrogens is 2. The maximum atomic E-state index is 13.0. The van der Waals surface area contributed by atoms with Gasteiger partial charge in [0.25, 0.3) is 5.56 Å². The maximum absolute atomic E-state index is 13.0. The van der Waals surface area contributed by atoms with Gasteiger partial charge >= 0.3 is 0 Å². The van der Waals surface area contributed by atoms with E-state index in [2.05, 4.69) is 10.3 Å². The molecule has 0 spiro atoms. The van der Waals surface area contributed by atoms with Gasteiger partial charge in [0, 0.05) is 17.8 Å². The van der Waals surface area contributed by atoms with Crippen molar-refractivity contribution >= 4 is 34.3 Å². The van der Waals surface area contributed by atoms with Crippen molar-refractivity contribution < 1.29 is 14.3 Å². The number of para-hydroxylation sites is 1. The van der Waals surface area contributed by atoms with Crippen molar-refractivity contribution in [1.82, 2.24) is 9.55 Å². The lowest BCUT2D eigenvalue weighted by molar-refractivity contribution is -0.115. The second kappa shape index (κ2) is 8.39. The van der Waals surface area contributed by atoms with Crippen LogP contribution in [0.25, 0.3) is 10.9 Å². The molecule has 156 valence electrons. The molecule has 1 aromatic heterocycles. The third kappa shape index (κ3) is 4.00. The van der Waals surface area contributed by atoms with Gasteiger partial charge in [-0.1, -0.05) is 23.9 Å². The average molecular weight is 426 g/mol. The highest BCUT2D eigenvalue weighted by atomic mass is 32.2. The summed E-state index contributed by atoms with van der Waals surface area (Å²) in [5.74, 6) is 1.10. The van der Waals surface area contributed by atoms with E-state index in [4.69, 9.17) is 9.47 Å². The zero-order chi connectivity index (χ0) is 21.3. The van der Waals surface area contributed by atoms with E-state index in [1.807, 2.05) is 32.0 Å². The molecule has 0 fully saturated rings. The fourth-order valence-corrected chi connectivity index (χ4v) is 4.28. The standard InChI is InChI=1S/C22H23N3O4S/c1-13(2)25-21(27)16-6-4-5-7-17(16)24-22(25)30-14(3)20(26)23-15-8-9-18-19(12-15)29-11-10-28-18/h4-9,12-14H,10-11H2,1-3H3,(H,23,26). The third-order valence-electron chi connectivity index (χ3n) is 4.75. The van der Waals surface area contributed by atoms with E-state index < -0.39 is 5.25 Å². The van der Waals surface area contributed by atoms with Crippen molar-refractivity contribution in [3.8, 4) is 11.5 Å². The first-order valence-corrected chi connectivity index (χ1v) is 10.7. The van der Waals surface area contributed by atoms with Gasteiger partial charge in [0.2, 0.25) is 5.91 Å². The minimum Gasteiger partial charge on any atom is -0.486 e. The molecule has 2 aromatic carbocycles. The third-order valence-corrected chi connectivity index (χ3v) is 5.82. The molecule has 1 unspecified atom stereocenters. The summed E-state index contributed by atoms with van der Waals surface area (Å²) in [6, 6.07) is 12.5. The number of fused-ring (bicyclic) bond motifs is 2. The summed E-state index contributed by atoms with van der Waals surface area (Å²) < 4.78 is 12.7. The number of carbonyl (C=O) groups is 1. The highest BCUT2D eigenvalue weighted by molar-refractivity contribution is 8.00. The van der Waals surface area contributed by atoms with Crippen LogP contribution in [-0.4, -0.2) is 33.9 Å². The van der Waals surface area contributed by atoms with Crippen LogP contribution in [0, 0.1) is 0 Å². The zero-order valence-electron chi connectivity index (χ0n) is 17.0. The highest BCUT2D eigenvalue weighted by Crippen LogP contribution is 2.33. The molecule has 0 bridgehead atoms. The van der Waals surface area contributed by atoms with Crippen molar-refractivity contribution in [3.05, 3.63) is 52.8 Å². The quantitative estimate of drug-likeness (QED) is 0.494. The predicted octanol–water partition coefficient (Wildman–Crippen LogP) is 3.87. The summed E-state index contributed by atoms with van der Waals surface area (Å²) in [5.41, 5.74) is 1.16. The van der Waals surface area contributed by atoms with Crippen molar-refractivity contribution in [2.75, 3.05) is 18.5 Å². The molecule has 4 rings (SSSR count). The Morgan fingerprint density at radius 2 is 1.83 bits per heavy atom. The Labute approximate surface area is 178 Å². The van der Waals surface area contributed by atoms with Gasteiger partial charge in [-0.2, -0.15) is 0 Å². The normalized spacial score (nSPS) is 14.0. The number of carbonyl (C=O) groups excluding carboxylic acids is 1. The van der Waals surface area contributed by atoms with E-state index in [0.717, 1.165) is 0 Å². The van der Waals surface area contributed by atoms with E-state index in [9.17, 15) is 9.59 Å². The maximum Gasteiger partial charge on any atom is 0.262 e. The fourth-order valence-electron chi connectivity index (χ4n) is 3.24. The summed E-state index contributed by atoms with van der Waals surface area (Å²) >= 11 is 1.27. The zero-order valence-corrected chi connectivity index (χ0v) is 17.9. The van der Waals surface area contributed by atoms with Crippen LogP contribution >= 0.6 is 11.8 Å². The molecular formula is C22H23N3O4S. The van der Waals surface area contributed by atoms with Crippen molar-refractivity contribution in [1.29, 1.82) is 0 Å². The number of benzene rings is 2. The molecule has 1 amide bonds. The molecule has 0 saturated heterocycles. The van der Waals surface area contributed by atoms with Gasteiger partial charge in [-0.25, -0.2) is 4.98 Å². The molecular weight excluding hydrogens is 402 g/mol. The lowest BCUT2D eigenvalue weighted by Crippen LogP contribution is -2.28. The van der Waals surface area contributed by atoms with Gasteiger partial charge in [0.15, 0.2) is 16.7 Å². The number of hydrogen-bond donors (Lipinski definition) is 1. The van der Waals surface area contributed by atoms with Gasteiger partial charge in [-0.15, -0.1) is 0 Å². The highest BCUT2D eigenvalue weighted by Gasteiger charge is 2.21. The van der Waals surface area contributed by atoms with E-state index >= 15 is 0 Å². The van der Waals surface area contributed by atoms with Crippen LogP contribution in [0.3, 0.4) is 0 Å². The Morgan fingerprint density at radius 3 is 2.60 bits per heavy atom. The lowest BCUT2D eigenvalue weighted by Gasteiger charge is -2.20. The van der Waals surface area contributed by atoms with Crippen LogP contribution < -0.4 is 20.3 Å². The molecule has 2 heterocycles. The van der Waals surface area contributed by atoms with E-state index in [-0.39, 0.29) is 17.5 Å². The van der Waals surface area contributed by atoms with Gasteiger partial charge in [0.05, 0.1) is 16.2 Å². The molecule has 0 saturated carbocycles. The van der Waals surface area contributed by atoms with Crippen LogP contribution in [0.2, 0.25) is 0 Å². The topological polar surface area (TPSA) is 82.5 Å². The number of rotatable bonds is 5. The summed E-state index contributed by atoms with van der Waals surface area (Å²) in [4.78, 5) is 30.4. The molecule has 0 aliphatic carbocycles. The van der Waals surface area contributed by atoms with Crippen molar-refractivity contribution in [3.63, 3.8) is 0 Å². The molecule has 3 aromatic rings. The second-order valence-corrected chi connectivity index (χ2v) is 8.60. The van der Waals surface area contributed by atoms with Crippen LogP contribution in [0.5, 0.6) is 11.5 Å². The Balaban J connectivity index is 1.56. The van der Waals surface area contributed by atoms with Crippen LogP contribution in [-0.2, 0) is 4.79 Å². The number of anilines is 1. The molecule has 1 aliphatic heterocycles. The second-order valence-electron chi connectivity index (χ2n) is 7.29. The first kappa shape index (κ1) is 20.3. The molecule has 1 atom stereocenters. The summed E-state index contributed by atoms with van der Waals surface area (Å²) in [5, 5.41) is 3.54. The van der Waals surface area contributed by atoms with Crippen LogP contribution in [0.15, 0.2) is 52.4 Å². The SMILES string of the molecule is CC(Sc1nc2ccccc2c(=O)n1C(C)C)C(=O)Nc1ccc2c(c1)OCCO2. The monoisotopic (exact) mass is 425 g/mol. The molecule has 8 heteroatoms. The Kier molecular flexibility index (Phi) is 5.67. The largest absolute Gasteiger partial charge is 0.486 e. The minimum atomic E-state index is -0.462. The smallest absolute Gasteiger partial charge is 0.262 e. The molecule has 7 nitrogen and oxygen atoms in total. The first-order chi connectivity index (χ1) is 14.4. The number of hydrogen-bond acceptors (Lipinski definition) is 6. The fraction of sp³-hybridized carbons (Fsp3) is 0.318. The number of nitrogens with zero attached hydrogens (tertiary/aromatic N) is 2. The van der Waals surface area contributed by atoms with Gasteiger partial charge in [-0.3, -0.25) is 14.2 Å². The molecule has 0 radical (unpaired) electrons. The summed E-state index contributed by atoms with van der Waals surface area (Å²) in [6.45, 7) is 6.66. The molecule has 1 aliphatic rings. The van der Waals surface area contributed by atoms with Crippen LogP contribution in [0.1, 0.15) is 26.8 Å². The number of ether oxygens (including phenoxy) is 2. The van der Waals surface area contributed by atoms with E-state index in [0.29, 0.717) is 46.5 Å². The number of nitrogens with one attached hydrogen (secondary N) is 1. The van der Waals surface area contributed by atoms with Crippen LogP contribution in [0.4, 0.5) is 5.69 Å². The average Bonchev–Trinajstić information content (AvgIpc) is 2.73. The van der Waals surface area contributed by atoms with Gasteiger partial charge < -0.3 is 14.8 Å².